The molecule has 1 unspecified atom stereocenters. The summed E-state index contributed by atoms with van der Waals surface area (Å²) in [4.78, 5) is 12.8. The van der Waals surface area contributed by atoms with Crippen LogP contribution < -0.4 is 5.32 Å². The highest BCUT2D eigenvalue weighted by molar-refractivity contribution is 7.89. The van der Waals surface area contributed by atoms with Gasteiger partial charge in [0.15, 0.2) is 0 Å². The molecular weight excluding hydrogens is 415 g/mol. The number of benzene rings is 2. The Bertz CT molecular complexity index is 987. The molecule has 1 fully saturated rings. The molecule has 0 radical (unpaired) electrons. The van der Waals surface area contributed by atoms with E-state index in [0.29, 0.717) is 5.02 Å². The summed E-state index contributed by atoms with van der Waals surface area (Å²) in [5, 5.41) is 3.47. The highest BCUT2D eigenvalue weighted by Crippen LogP contribution is 2.41. The van der Waals surface area contributed by atoms with Gasteiger partial charge >= 0.3 is 0 Å². The molecule has 0 aromatic heterocycles. The fourth-order valence-corrected chi connectivity index (χ4v) is 4.95. The second kappa shape index (κ2) is 8.81. The van der Waals surface area contributed by atoms with E-state index >= 15 is 0 Å². The van der Waals surface area contributed by atoms with E-state index in [9.17, 15) is 17.6 Å². The Morgan fingerprint density at radius 3 is 2.34 bits per heavy atom. The van der Waals surface area contributed by atoms with Crippen molar-refractivity contribution in [1.82, 2.24) is 9.62 Å². The Balaban J connectivity index is 1.89. The van der Waals surface area contributed by atoms with Crippen molar-refractivity contribution in [3.05, 3.63) is 64.4 Å². The topological polar surface area (TPSA) is 66.5 Å². The summed E-state index contributed by atoms with van der Waals surface area (Å²) in [6.07, 6.45) is 1.93. The normalized spacial score (nSPS) is 15.3. The van der Waals surface area contributed by atoms with Crippen LogP contribution in [0.1, 0.15) is 48.7 Å². The minimum absolute atomic E-state index is 0.0952. The Labute approximate surface area is 175 Å². The van der Waals surface area contributed by atoms with Crippen LogP contribution in [0.25, 0.3) is 0 Å². The maximum absolute atomic E-state index is 14.4. The lowest BCUT2D eigenvalue weighted by molar-refractivity contribution is 0.0927. The highest BCUT2D eigenvalue weighted by Gasteiger charge is 2.34. The summed E-state index contributed by atoms with van der Waals surface area (Å²) >= 11 is 5.95. The van der Waals surface area contributed by atoms with Crippen molar-refractivity contribution in [2.24, 2.45) is 5.92 Å². The summed E-state index contributed by atoms with van der Waals surface area (Å²) in [5.74, 6) is -1.12. The molecular formula is C21H24ClFN2O3S. The van der Waals surface area contributed by atoms with Crippen molar-refractivity contribution in [3.63, 3.8) is 0 Å². The first-order valence-corrected chi connectivity index (χ1v) is 11.5. The fraction of sp³-hybridized carbons (Fsp3) is 0.381. The second-order valence-corrected chi connectivity index (χ2v) is 9.45. The first kappa shape index (κ1) is 21.7. The molecule has 0 spiro atoms. The van der Waals surface area contributed by atoms with Gasteiger partial charge in [-0.25, -0.2) is 12.8 Å². The minimum atomic E-state index is -3.79. The van der Waals surface area contributed by atoms with Gasteiger partial charge in [-0.15, -0.1) is 0 Å². The molecule has 8 heteroatoms. The molecule has 1 aliphatic carbocycles. The number of rotatable bonds is 8. The van der Waals surface area contributed by atoms with Gasteiger partial charge in [-0.05, 0) is 54.7 Å². The molecule has 29 heavy (non-hydrogen) atoms. The van der Waals surface area contributed by atoms with E-state index in [1.54, 1.807) is 26.0 Å². The van der Waals surface area contributed by atoms with Crippen molar-refractivity contribution in [3.8, 4) is 0 Å². The summed E-state index contributed by atoms with van der Waals surface area (Å²) in [7, 11) is -3.79. The first-order valence-electron chi connectivity index (χ1n) is 9.64. The smallest absolute Gasteiger partial charge is 0.254 e. The van der Waals surface area contributed by atoms with Crippen molar-refractivity contribution in [2.45, 2.75) is 37.6 Å². The van der Waals surface area contributed by atoms with Crippen LogP contribution in [0.3, 0.4) is 0 Å². The number of hydrogen-bond donors (Lipinski definition) is 1. The molecule has 1 amide bonds. The molecule has 156 valence electrons. The maximum Gasteiger partial charge on any atom is 0.254 e. The average Bonchev–Trinajstić information content (AvgIpc) is 3.53. The number of carbonyl (C=O) groups excluding carboxylic acids is 1. The molecule has 2 aromatic rings. The standard InChI is InChI=1S/C21H24ClFN2O3S/c1-3-25(4-2)29(27,28)17-11-12-19(23)18(13-17)21(26)24-20(14-5-6-14)15-7-9-16(22)10-8-15/h7-14,20H,3-6H2,1-2H3,(H,24,26). The van der Waals surface area contributed by atoms with Gasteiger partial charge in [0.2, 0.25) is 10.0 Å². The zero-order valence-corrected chi connectivity index (χ0v) is 17.9. The van der Waals surface area contributed by atoms with Crippen LogP contribution in [0.4, 0.5) is 4.39 Å². The van der Waals surface area contributed by atoms with E-state index in [1.165, 1.54) is 10.4 Å². The first-order chi connectivity index (χ1) is 13.8. The minimum Gasteiger partial charge on any atom is -0.345 e. The predicted octanol–water partition coefficient (Wildman–Crippen LogP) is 4.39. The Kier molecular flexibility index (Phi) is 6.61. The molecule has 1 aliphatic rings. The maximum atomic E-state index is 14.4. The Morgan fingerprint density at radius 1 is 1.17 bits per heavy atom. The quantitative estimate of drug-likeness (QED) is 0.664. The predicted molar refractivity (Wildman–Crippen MR) is 111 cm³/mol. The molecule has 0 saturated heterocycles. The fourth-order valence-electron chi connectivity index (χ4n) is 3.34. The number of carbonyl (C=O) groups is 1. The van der Waals surface area contributed by atoms with Crippen molar-refractivity contribution < 1.29 is 17.6 Å². The number of nitrogens with one attached hydrogen (secondary N) is 1. The largest absolute Gasteiger partial charge is 0.345 e. The van der Waals surface area contributed by atoms with Crippen LogP contribution in [-0.4, -0.2) is 31.7 Å². The SMILES string of the molecule is CCN(CC)S(=O)(=O)c1ccc(F)c(C(=O)NC(c2ccc(Cl)cc2)C2CC2)c1. The molecule has 0 heterocycles. The number of amides is 1. The molecule has 0 aliphatic heterocycles. The van der Waals surface area contributed by atoms with Crippen molar-refractivity contribution >= 4 is 27.5 Å². The summed E-state index contributed by atoms with van der Waals surface area (Å²) in [5.41, 5.74) is 0.607. The molecule has 0 bridgehead atoms. The van der Waals surface area contributed by atoms with Crippen LogP contribution in [0.15, 0.2) is 47.4 Å². The lowest BCUT2D eigenvalue weighted by atomic mass is 10.0. The molecule has 1 N–H and O–H groups in total. The van der Waals surface area contributed by atoms with Crippen molar-refractivity contribution in [1.29, 1.82) is 0 Å². The van der Waals surface area contributed by atoms with E-state index < -0.39 is 21.7 Å². The molecule has 2 aromatic carbocycles. The summed E-state index contributed by atoms with van der Waals surface area (Å²) in [6, 6.07) is 10.2. The van der Waals surface area contributed by atoms with Gasteiger partial charge in [-0.1, -0.05) is 37.6 Å². The van der Waals surface area contributed by atoms with Crippen LogP contribution in [0.2, 0.25) is 5.02 Å². The molecule has 1 saturated carbocycles. The van der Waals surface area contributed by atoms with Gasteiger partial charge in [0, 0.05) is 18.1 Å². The van der Waals surface area contributed by atoms with Gasteiger partial charge < -0.3 is 5.32 Å². The van der Waals surface area contributed by atoms with Gasteiger partial charge in [0.1, 0.15) is 5.82 Å². The number of sulfonamides is 1. The van der Waals surface area contributed by atoms with E-state index in [2.05, 4.69) is 5.32 Å². The third-order valence-corrected chi connectivity index (χ3v) is 7.43. The molecule has 3 rings (SSSR count). The monoisotopic (exact) mass is 438 g/mol. The number of hydrogen-bond acceptors (Lipinski definition) is 3. The van der Waals surface area contributed by atoms with Gasteiger partial charge in [0.05, 0.1) is 16.5 Å². The van der Waals surface area contributed by atoms with Crippen LogP contribution in [0, 0.1) is 11.7 Å². The lowest BCUT2D eigenvalue weighted by Gasteiger charge is -2.21. The van der Waals surface area contributed by atoms with Gasteiger partial charge in [-0.3, -0.25) is 4.79 Å². The van der Waals surface area contributed by atoms with E-state index in [-0.39, 0.29) is 35.5 Å². The van der Waals surface area contributed by atoms with E-state index in [0.717, 1.165) is 30.5 Å². The number of nitrogens with zero attached hydrogens (tertiary/aromatic N) is 1. The zero-order valence-electron chi connectivity index (χ0n) is 16.4. The van der Waals surface area contributed by atoms with Gasteiger partial charge in [0.25, 0.3) is 5.91 Å². The lowest BCUT2D eigenvalue weighted by Crippen LogP contribution is -2.32. The average molecular weight is 439 g/mol. The van der Waals surface area contributed by atoms with Gasteiger partial charge in [-0.2, -0.15) is 4.31 Å². The molecule has 1 atom stereocenters. The third-order valence-electron chi connectivity index (χ3n) is 5.13. The van der Waals surface area contributed by atoms with Crippen LogP contribution in [0.5, 0.6) is 0 Å². The van der Waals surface area contributed by atoms with E-state index in [4.69, 9.17) is 11.6 Å². The Hall–Kier alpha value is -1.96. The zero-order chi connectivity index (χ0) is 21.2. The van der Waals surface area contributed by atoms with Crippen LogP contribution in [-0.2, 0) is 10.0 Å². The van der Waals surface area contributed by atoms with Crippen LogP contribution >= 0.6 is 11.6 Å². The molecule has 5 nitrogen and oxygen atoms in total. The third kappa shape index (κ3) is 4.79. The van der Waals surface area contributed by atoms with Crippen molar-refractivity contribution in [2.75, 3.05) is 13.1 Å². The summed E-state index contributed by atoms with van der Waals surface area (Å²) < 4.78 is 41.1. The van der Waals surface area contributed by atoms with E-state index in [1.807, 2.05) is 12.1 Å². The highest BCUT2D eigenvalue weighted by atomic mass is 35.5. The Morgan fingerprint density at radius 2 is 1.79 bits per heavy atom. The number of halogens is 2. The second-order valence-electron chi connectivity index (χ2n) is 7.07. The summed E-state index contributed by atoms with van der Waals surface area (Å²) in [6.45, 7) is 4.03.